The normalized spacial score (nSPS) is 12.5. The molecule has 0 N–H and O–H groups in total. The molecule has 0 fully saturated rings. The highest BCUT2D eigenvalue weighted by Crippen LogP contribution is 2.18. The summed E-state index contributed by atoms with van der Waals surface area (Å²) in [6.45, 7) is 6.50. The highest BCUT2D eigenvalue weighted by Gasteiger charge is 2.19. The highest BCUT2D eigenvalue weighted by atomic mass is 16.6. The number of hydrogen-bond donors (Lipinski definition) is 0. The second-order valence-corrected chi connectivity index (χ2v) is 22.7. The van der Waals surface area contributed by atoms with E-state index in [4.69, 9.17) is 14.2 Å². The number of carbonyl (C=O) groups is 3. The van der Waals surface area contributed by atoms with Crippen molar-refractivity contribution in [1.29, 1.82) is 0 Å². The fourth-order valence-electron chi connectivity index (χ4n) is 9.94. The first-order valence-electron chi connectivity index (χ1n) is 33.9. The first-order valence-corrected chi connectivity index (χ1v) is 33.9. The van der Waals surface area contributed by atoms with Crippen LogP contribution in [-0.4, -0.2) is 37.2 Å². The first kappa shape index (κ1) is 74.8. The number of rotatable bonds is 62. The average Bonchev–Trinajstić information content (AvgIpc) is 3.44. The minimum Gasteiger partial charge on any atom is -0.462 e. The molecule has 452 valence electrons. The summed E-state index contributed by atoms with van der Waals surface area (Å²) in [4.78, 5) is 38.2. The Kier molecular flexibility index (Phi) is 63.7. The first-order chi connectivity index (χ1) is 38.5. The van der Waals surface area contributed by atoms with E-state index < -0.39 is 6.10 Å². The van der Waals surface area contributed by atoms with E-state index in [1.807, 2.05) is 6.08 Å². The molecule has 78 heavy (non-hydrogen) atoms. The number of ether oxygens (including phenoxy) is 3. The molecule has 0 aliphatic rings. The Morgan fingerprint density at radius 2 is 0.500 bits per heavy atom. The average molecular weight is 1090 g/mol. The Bertz CT molecular complexity index is 1440. The van der Waals surface area contributed by atoms with Crippen molar-refractivity contribution in [1.82, 2.24) is 0 Å². The van der Waals surface area contributed by atoms with Crippen molar-refractivity contribution < 1.29 is 28.6 Å². The Morgan fingerprint density at radius 3 is 0.756 bits per heavy atom. The monoisotopic (exact) mass is 1090 g/mol. The molecule has 0 saturated carbocycles. The lowest BCUT2D eigenvalue weighted by Gasteiger charge is -2.18. The second-order valence-electron chi connectivity index (χ2n) is 22.7. The topological polar surface area (TPSA) is 78.9 Å². The van der Waals surface area contributed by atoms with E-state index in [0.29, 0.717) is 19.3 Å². The van der Waals surface area contributed by atoms with Gasteiger partial charge in [-0.25, -0.2) is 0 Å². The molecule has 0 aromatic rings. The van der Waals surface area contributed by atoms with Gasteiger partial charge in [0, 0.05) is 19.3 Å². The van der Waals surface area contributed by atoms with Gasteiger partial charge in [0.25, 0.3) is 0 Å². The minimum absolute atomic E-state index is 0.102. The molecule has 1 unspecified atom stereocenters. The van der Waals surface area contributed by atoms with E-state index in [2.05, 4.69) is 87.6 Å². The zero-order chi connectivity index (χ0) is 56.4. The fraction of sp³-hybridized carbons (Fsp3) is 0.792. The van der Waals surface area contributed by atoms with Crippen molar-refractivity contribution in [2.45, 2.75) is 354 Å². The van der Waals surface area contributed by atoms with Gasteiger partial charge in [-0.2, -0.15) is 0 Å². The molecule has 0 amide bonds. The van der Waals surface area contributed by atoms with Gasteiger partial charge in [-0.05, 0) is 57.8 Å². The van der Waals surface area contributed by atoms with Gasteiger partial charge >= 0.3 is 17.9 Å². The summed E-state index contributed by atoms with van der Waals surface area (Å²) in [7, 11) is 0. The molecule has 0 aromatic heterocycles. The zero-order valence-corrected chi connectivity index (χ0v) is 51.9. The summed E-state index contributed by atoms with van der Waals surface area (Å²) in [6.07, 6.45) is 86.8. The van der Waals surface area contributed by atoms with Gasteiger partial charge < -0.3 is 14.2 Å². The van der Waals surface area contributed by atoms with E-state index >= 15 is 0 Å². The Balaban J connectivity index is 4.17. The largest absolute Gasteiger partial charge is 0.462 e. The van der Waals surface area contributed by atoms with Crippen molar-refractivity contribution in [3.63, 3.8) is 0 Å². The maximum atomic E-state index is 12.8. The summed E-state index contributed by atoms with van der Waals surface area (Å²) in [6, 6.07) is 0. The number of unbranched alkanes of at least 4 members (excludes halogenated alkanes) is 39. The predicted molar refractivity (Wildman–Crippen MR) is 339 cm³/mol. The molecule has 0 radical (unpaired) electrons. The van der Waals surface area contributed by atoms with Gasteiger partial charge in [-0.1, -0.05) is 344 Å². The molecule has 0 heterocycles. The lowest BCUT2D eigenvalue weighted by molar-refractivity contribution is -0.166. The van der Waals surface area contributed by atoms with E-state index in [-0.39, 0.29) is 37.5 Å². The summed E-state index contributed by atoms with van der Waals surface area (Å²) in [5, 5.41) is 0. The van der Waals surface area contributed by atoms with Gasteiger partial charge in [0.05, 0.1) is 0 Å². The SMILES string of the molecule is CC/C=C\C/C=C\C/C=C\C/C=C\C/C=C\C/C=C\CCC(=O)OC(COC(=O)CCCCCCCCCCCC)COC(=O)CCCCCCCCCCCCCCCCCCCCCCCCCCCCCCCCC. The Morgan fingerprint density at radius 1 is 0.269 bits per heavy atom. The van der Waals surface area contributed by atoms with Crippen molar-refractivity contribution in [3.8, 4) is 0 Å². The lowest BCUT2D eigenvalue weighted by Crippen LogP contribution is -2.30. The molecule has 0 spiro atoms. The van der Waals surface area contributed by atoms with Crippen LogP contribution >= 0.6 is 0 Å². The van der Waals surface area contributed by atoms with Crippen LogP contribution in [0.3, 0.4) is 0 Å². The smallest absolute Gasteiger partial charge is 0.306 e. The molecule has 0 saturated heterocycles. The molecule has 1 atom stereocenters. The molecule has 0 aromatic carbocycles. The van der Waals surface area contributed by atoms with Gasteiger partial charge in [0.2, 0.25) is 0 Å². The van der Waals surface area contributed by atoms with E-state index in [9.17, 15) is 14.4 Å². The van der Waals surface area contributed by atoms with Crippen LogP contribution in [0.25, 0.3) is 0 Å². The molecular weight excluding hydrogens is 961 g/mol. The predicted octanol–water partition coefficient (Wildman–Crippen LogP) is 23.3. The maximum absolute atomic E-state index is 12.8. The van der Waals surface area contributed by atoms with Crippen molar-refractivity contribution in [3.05, 3.63) is 72.9 Å². The Labute approximate surface area is 484 Å². The maximum Gasteiger partial charge on any atom is 0.306 e. The van der Waals surface area contributed by atoms with Crippen molar-refractivity contribution >= 4 is 17.9 Å². The summed E-state index contributed by atoms with van der Waals surface area (Å²) in [5.41, 5.74) is 0. The van der Waals surface area contributed by atoms with Crippen LogP contribution < -0.4 is 0 Å². The third-order valence-corrected chi connectivity index (χ3v) is 15.0. The van der Waals surface area contributed by atoms with E-state index in [1.165, 1.54) is 225 Å². The fourth-order valence-corrected chi connectivity index (χ4v) is 9.94. The molecule has 0 aliphatic carbocycles. The third kappa shape index (κ3) is 63.7. The number of hydrogen-bond acceptors (Lipinski definition) is 6. The van der Waals surface area contributed by atoms with Crippen molar-refractivity contribution in [2.75, 3.05) is 13.2 Å². The second kappa shape index (κ2) is 66.4. The van der Waals surface area contributed by atoms with Gasteiger partial charge in [-0.3, -0.25) is 14.4 Å². The van der Waals surface area contributed by atoms with Gasteiger partial charge in [0.1, 0.15) is 13.2 Å². The van der Waals surface area contributed by atoms with E-state index in [1.54, 1.807) is 0 Å². The number of allylic oxidation sites excluding steroid dienone is 12. The van der Waals surface area contributed by atoms with Crippen LogP contribution in [0.2, 0.25) is 0 Å². The number of carbonyl (C=O) groups excluding carboxylic acids is 3. The van der Waals surface area contributed by atoms with Crippen LogP contribution in [0, 0.1) is 0 Å². The van der Waals surface area contributed by atoms with Crippen LogP contribution in [0.4, 0.5) is 0 Å². The van der Waals surface area contributed by atoms with E-state index in [0.717, 1.165) is 77.0 Å². The summed E-state index contributed by atoms with van der Waals surface area (Å²) >= 11 is 0. The zero-order valence-electron chi connectivity index (χ0n) is 51.9. The minimum atomic E-state index is -0.813. The quantitative estimate of drug-likeness (QED) is 0.0261. The van der Waals surface area contributed by atoms with Crippen molar-refractivity contribution in [2.24, 2.45) is 0 Å². The Hall–Kier alpha value is -3.15. The third-order valence-electron chi connectivity index (χ3n) is 15.0. The molecular formula is C72H128O6. The summed E-state index contributed by atoms with van der Waals surface area (Å²) in [5.74, 6) is -0.972. The van der Waals surface area contributed by atoms with Crippen LogP contribution in [0.5, 0.6) is 0 Å². The van der Waals surface area contributed by atoms with Crippen LogP contribution in [0.15, 0.2) is 72.9 Å². The van der Waals surface area contributed by atoms with Crippen LogP contribution in [-0.2, 0) is 28.6 Å². The van der Waals surface area contributed by atoms with Gasteiger partial charge in [0.15, 0.2) is 6.10 Å². The summed E-state index contributed by atoms with van der Waals surface area (Å²) < 4.78 is 16.8. The van der Waals surface area contributed by atoms with Crippen LogP contribution in [0.1, 0.15) is 348 Å². The molecule has 6 nitrogen and oxygen atoms in total. The number of esters is 3. The molecule has 0 aliphatic heterocycles. The lowest BCUT2D eigenvalue weighted by atomic mass is 10.0. The molecule has 0 rings (SSSR count). The van der Waals surface area contributed by atoms with Gasteiger partial charge in [-0.15, -0.1) is 0 Å². The molecule has 0 bridgehead atoms. The highest BCUT2D eigenvalue weighted by molar-refractivity contribution is 5.71. The standard InChI is InChI=1S/C72H128O6/c1-4-7-10-13-16-19-22-24-26-28-30-31-32-33-34-35-36-37-38-39-40-41-43-44-46-48-50-53-56-59-62-65-71(74)77-68-69(67-76-70(73)64-61-58-55-52-21-18-15-12-9-6-3)78-72(75)66-63-60-57-54-51-49-47-45-42-29-27-25-23-20-17-14-11-8-5-2/h8,11,17,20,25,27,42,45,49,51,57,60,69H,4-7,9-10,12-16,18-19,21-24,26,28-41,43-44,46-48,50,52-56,58-59,61-68H2,1-3H3/b11-8-,20-17-,27-25-,45-42-,51-49-,60-57-. The molecule has 6 heteroatoms.